The van der Waals surface area contributed by atoms with Gasteiger partial charge in [-0.15, -0.1) is 6.42 Å². The van der Waals surface area contributed by atoms with E-state index in [1.54, 1.807) is 0 Å². The summed E-state index contributed by atoms with van der Waals surface area (Å²) in [5.41, 5.74) is 6.70. The van der Waals surface area contributed by atoms with Crippen molar-refractivity contribution < 1.29 is 0 Å². The smallest absolute Gasteiger partial charge is 0.190 e. The van der Waals surface area contributed by atoms with E-state index in [-0.39, 0.29) is 12.1 Å². The highest BCUT2D eigenvalue weighted by Crippen LogP contribution is 2.19. The number of halogens is 1. The van der Waals surface area contributed by atoms with Crippen molar-refractivity contribution in [2.24, 2.45) is 10.7 Å². The van der Waals surface area contributed by atoms with Gasteiger partial charge < -0.3 is 11.1 Å². The fourth-order valence-electron chi connectivity index (χ4n) is 1.33. The molecule has 4 heteroatoms. The topological polar surface area (TPSA) is 50.4 Å². The number of nitrogens with one attached hydrogen (secondary N) is 1. The second kappa shape index (κ2) is 6.31. The van der Waals surface area contributed by atoms with E-state index in [0.717, 1.165) is 10.0 Å². The molecule has 1 atom stereocenters. The van der Waals surface area contributed by atoms with Gasteiger partial charge >= 0.3 is 0 Å². The van der Waals surface area contributed by atoms with Crippen LogP contribution in [0.4, 0.5) is 0 Å². The molecule has 1 rings (SSSR count). The van der Waals surface area contributed by atoms with Crippen LogP contribution >= 0.6 is 15.9 Å². The Kier molecular flexibility index (Phi) is 5.05. The SMILES string of the molecule is C#CC(N=C(N)NC(C)C)c1ccc(Br)cc1. The molecular weight excluding hydrogens is 278 g/mol. The molecule has 3 N–H and O–H groups in total. The minimum absolute atomic E-state index is 0.238. The van der Waals surface area contributed by atoms with Crippen LogP contribution in [0.5, 0.6) is 0 Å². The van der Waals surface area contributed by atoms with Crippen LogP contribution in [0.25, 0.3) is 0 Å². The minimum Gasteiger partial charge on any atom is -0.370 e. The zero-order chi connectivity index (χ0) is 12.8. The maximum atomic E-state index is 5.75. The van der Waals surface area contributed by atoms with Crippen LogP contribution in [0.1, 0.15) is 25.5 Å². The molecule has 0 radical (unpaired) electrons. The van der Waals surface area contributed by atoms with E-state index in [0.29, 0.717) is 5.96 Å². The lowest BCUT2D eigenvalue weighted by Gasteiger charge is -2.11. The lowest BCUT2D eigenvalue weighted by atomic mass is 10.1. The molecule has 17 heavy (non-hydrogen) atoms. The fourth-order valence-corrected chi connectivity index (χ4v) is 1.59. The highest BCUT2D eigenvalue weighted by Gasteiger charge is 2.07. The second-order valence-electron chi connectivity index (χ2n) is 3.93. The van der Waals surface area contributed by atoms with E-state index in [9.17, 15) is 0 Å². The number of rotatable bonds is 3. The third kappa shape index (κ3) is 4.49. The number of aliphatic imine (C=N–C) groups is 1. The van der Waals surface area contributed by atoms with Gasteiger partial charge in [0.05, 0.1) is 0 Å². The summed E-state index contributed by atoms with van der Waals surface area (Å²) in [5.74, 6) is 2.99. The molecule has 0 saturated heterocycles. The molecular formula is C13H16BrN3. The van der Waals surface area contributed by atoms with E-state index in [4.69, 9.17) is 12.2 Å². The summed E-state index contributed by atoms with van der Waals surface area (Å²) in [5, 5.41) is 3.01. The molecule has 0 saturated carbocycles. The molecule has 0 spiro atoms. The highest BCUT2D eigenvalue weighted by molar-refractivity contribution is 9.10. The van der Waals surface area contributed by atoms with Crippen LogP contribution < -0.4 is 11.1 Å². The van der Waals surface area contributed by atoms with E-state index < -0.39 is 0 Å². The first kappa shape index (κ1) is 13.6. The molecule has 0 aliphatic carbocycles. The van der Waals surface area contributed by atoms with E-state index in [1.165, 1.54) is 0 Å². The Balaban J connectivity index is 2.86. The molecule has 1 aromatic rings. The van der Waals surface area contributed by atoms with Crippen molar-refractivity contribution in [3.63, 3.8) is 0 Å². The molecule has 1 aromatic carbocycles. The predicted octanol–water partition coefficient (Wildman–Crippen LogP) is 2.44. The number of benzene rings is 1. The summed E-state index contributed by atoms with van der Waals surface area (Å²) in [6.45, 7) is 3.99. The summed E-state index contributed by atoms with van der Waals surface area (Å²) in [6.07, 6.45) is 5.47. The lowest BCUT2D eigenvalue weighted by Crippen LogP contribution is -2.37. The van der Waals surface area contributed by atoms with Crippen molar-refractivity contribution in [1.82, 2.24) is 5.32 Å². The third-order valence-corrected chi connectivity index (χ3v) is 2.58. The fraction of sp³-hybridized carbons (Fsp3) is 0.308. The maximum Gasteiger partial charge on any atom is 0.190 e. The van der Waals surface area contributed by atoms with E-state index in [1.807, 2.05) is 38.1 Å². The quantitative estimate of drug-likeness (QED) is 0.511. The second-order valence-corrected chi connectivity index (χ2v) is 4.85. The van der Waals surface area contributed by atoms with Gasteiger partial charge in [-0.1, -0.05) is 34.0 Å². The number of terminal acetylenes is 1. The van der Waals surface area contributed by atoms with Crippen LogP contribution in [0, 0.1) is 12.3 Å². The molecule has 0 aromatic heterocycles. The van der Waals surface area contributed by atoms with Gasteiger partial charge in [-0.3, -0.25) is 0 Å². The summed E-state index contributed by atoms with van der Waals surface area (Å²) >= 11 is 3.38. The van der Waals surface area contributed by atoms with Gasteiger partial charge in [-0.2, -0.15) is 0 Å². The van der Waals surface area contributed by atoms with Gasteiger partial charge in [-0.05, 0) is 31.5 Å². The average Bonchev–Trinajstić information content (AvgIpc) is 2.26. The predicted molar refractivity (Wildman–Crippen MR) is 75.6 cm³/mol. The maximum absolute atomic E-state index is 5.75. The Morgan fingerprint density at radius 2 is 2.00 bits per heavy atom. The van der Waals surface area contributed by atoms with Gasteiger partial charge in [0.2, 0.25) is 0 Å². The van der Waals surface area contributed by atoms with Crippen LogP contribution in [0.3, 0.4) is 0 Å². The van der Waals surface area contributed by atoms with Crippen LogP contribution in [0.15, 0.2) is 33.7 Å². The van der Waals surface area contributed by atoms with Crippen molar-refractivity contribution in [1.29, 1.82) is 0 Å². The van der Waals surface area contributed by atoms with Crippen molar-refractivity contribution >= 4 is 21.9 Å². The Morgan fingerprint density at radius 3 is 2.47 bits per heavy atom. The van der Waals surface area contributed by atoms with Gasteiger partial charge in [0.15, 0.2) is 5.96 Å². The minimum atomic E-state index is -0.352. The summed E-state index contributed by atoms with van der Waals surface area (Å²) in [4.78, 5) is 4.27. The zero-order valence-electron chi connectivity index (χ0n) is 9.94. The van der Waals surface area contributed by atoms with Crippen molar-refractivity contribution in [2.75, 3.05) is 0 Å². The summed E-state index contributed by atoms with van der Waals surface area (Å²) in [6, 6.07) is 7.61. The third-order valence-electron chi connectivity index (χ3n) is 2.05. The van der Waals surface area contributed by atoms with Gasteiger partial charge in [0.25, 0.3) is 0 Å². The normalized spacial score (nSPS) is 13.2. The molecule has 0 bridgehead atoms. The largest absolute Gasteiger partial charge is 0.370 e. The molecule has 0 heterocycles. The Morgan fingerprint density at radius 1 is 1.41 bits per heavy atom. The van der Waals surface area contributed by atoms with Crippen LogP contribution in [-0.2, 0) is 0 Å². The monoisotopic (exact) mass is 293 g/mol. The van der Waals surface area contributed by atoms with Crippen molar-refractivity contribution in [3.8, 4) is 12.3 Å². The van der Waals surface area contributed by atoms with Crippen molar-refractivity contribution in [2.45, 2.75) is 25.9 Å². The van der Waals surface area contributed by atoms with E-state index in [2.05, 4.69) is 32.2 Å². The van der Waals surface area contributed by atoms with Crippen molar-refractivity contribution in [3.05, 3.63) is 34.3 Å². The number of nitrogens with two attached hydrogens (primary N) is 1. The molecule has 0 aliphatic heterocycles. The molecule has 0 aliphatic rings. The number of hydrogen-bond donors (Lipinski definition) is 2. The average molecular weight is 294 g/mol. The summed E-state index contributed by atoms with van der Waals surface area (Å²) in [7, 11) is 0. The number of guanidine groups is 1. The number of nitrogens with zero attached hydrogens (tertiary/aromatic N) is 1. The number of hydrogen-bond acceptors (Lipinski definition) is 1. The molecule has 0 fully saturated rings. The first-order chi connectivity index (χ1) is 8.02. The molecule has 3 nitrogen and oxygen atoms in total. The highest BCUT2D eigenvalue weighted by atomic mass is 79.9. The Hall–Kier alpha value is -1.47. The van der Waals surface area contributed by atoms with Crippen LogP contribution in [0.2, 0.25) is 0 Å². The first-order valence-electron chi connectivity index (χ1n) is 5.34. The van der Waals surface area contributed by atoms with Crippen LogP contribution in [-0.4, -0.2) is 12.0 Å². The van der Waals surface area contributed by atoms with Gasteiger partial charge in [-0.25, -0.2) is 4.99 Å². The van der Waals surface area contributed by atoms with Gasteiger partial charge in [0.1, 0.15) is 6.04 Å². The molecule has 1 unspecified atom stereocenters. The van der Waals surface area contributed by atoms with Gasteiger partial charge in [0, 0.05) is 10.5 Å². The molecule has 0 amide bonds. The lowest BCUT2D eigenvalue weighted by molar-refractivity contribution is 0.720. The Bertz CT molecular complexity index is 429. The standard InChI is InChI=1S/C13H16BrN3/c1-4-12(17-13(15)16-9(2)3)10-5-7-11(14)8-6-10/h1,5-9,12H,2-3H3,(H3,15,16,17). The van der Waals surface area contributed by atoms with E-state index >= 15 is 0 Å². The zero-order valence-corrected chi connectivity index (χ0v) is 11.5. The first-order valence-corrected chi connectivity index (χ1v) is 6.13. The Labute approximate surface area is 111 Å². The summed E-state index contributed by atoms with van der Waals surface area (Å²) < 4.78 is 1.01. The molecule has 90 valence electrons.